The van der Waals surface area contributed by atoms with E-state index in [0.717, 1.165) is 16.1 Å². The van der Waals surface area contributed by atoms with Crippen LogP contribution in [0.3, 0.4) is 0 Å². The summed E-state index contributed by atoms with van der Waals surface area (Å²) in [6.07, 6.45) is 0. The molecule has 0 heterocycles. The Morgan fingerprint density at radius 3 is 2.43 bits per heavy atom. The first kappa shape index (κ1) is 15.4. The fourth-order valence-corrected chi connectivity index (χ4v) is 2.11. The van der Waals surface area contributed by atoms with E-state index in [-0.39, 0.29) is 17.3 Å². The summed E-state index contributed by atoms with van der Waals surface area (Å²) in [5.74, 6) is -2.47. The Kier molecular flexibility index (Phi) is 4.57. The largest absolute Gasteiger partial charge is 0.396 e. The highest BCUT2D eigenvalue weighted by Crippen LogP contribution is 2.19. The van der Waals surface area contributed by atoms with Crippen LogP contribution in [0.4, 0.5) is 14.5 Å². The van der Waals surface area contributed by atoms with Gasteiger partial charge in [-0.1, -0.05) is 28.1 Å². The van der Waals surface area contributed by atoms with E-state index in [2.05, 4.69) is 21.2 Å². The van der Waals surface area contributed by atoms with E-state index in [4.69, 9.17) is 5.73 Å². The van der Waals surface area contributed by atoms with Gasteiger partial charge in [0.1, 0.15) is 11.6 Å². The maximum Gasteiger partial charge on any atom is 0.254 e. The van der Waals surface area contributed by atoms with Crippen molar-refractivity contribution in [1.29, 1.82) is 0 Å². The molecule has 0 saturated carbocycles. The molecule has 0 aromatic heterocycles. The number of nitrogen functional groups attached to an aromatic ring is 1. The molecule has 3 N–H and O–H groups in total. The van der Waals surface area contributed by atoms with E-state index in [1.807, 2.05) is 24.3 Å². The molecule has 0 bridgehead atoms. The molecule has 6 heteroatoms. The van der Waals surface area contributed by atoms with Gasteiger partial charge in [0.05, 0.1) is 17.3 Å². The first-order chi connectivity index (χ1) is 9.88. The number of benzene rings is 2. The molecule has 1 atom stereocenters. The summed E-state index contributed by atoms with van der Waals surface area (Å²) < 4.78 is 27.6. The summed E-state index contributed by atoms with van der Waals surface area (Å²) in [7, 11) is 0. The molecule has 0 aliphatic carbocycles. The lowest BCUT2D eigenvalue weighted by molar-refractivity contribution is 0.0936. The summed E-state index contributed by atoms with van der Waals surface area (Å²) in [6, 6.07) is 8.64. The van der Waals surface area contributed by atoms with Gasteiger partial charge in [-0.2, -0.15) is 0 Å². The van der Waals surface area contributed by atoms with Gasteiger partial charge in [0.25, 0.3) is 5.91 Å². The third kappa shape index (κ3) is 3.58. The number of amides is 1. The number of nitrogens with one attached hydrogen (secondary N) is 1. The van der Waals surface area contributed by atoms with E-state index < -0.39 is 17.5 Å². The van der Waals surface area contributed by atoms with Crippen molar-refractivity contribution in [3.8, 4) is 0 Å². The molecule has 2 aromatic rings. The number of carbonyl (C=O) groups is 1. The summed E-state index contributed by atoms with van der Waals surface area (Å²) >= 11 is 3.32. The van der Waals surface area contributed by atoms with Crippen LogP contribution < -0.4 is 11.1 Å². The summed E-state index contributed by atoms with van der Waals surface area (Å²) in [5.41, 5.74) is 5.68. The van der Waals surface area contributed by atoms with Gasteiger partial charge in [0, 0.05) is 10.5 Å². The minimum Gasteiger partial charge on any atom is -0.396 e. The molecule has 0 radical (unpaired) electrons. The third-order valence-corrected chi connectivity index (χ3v) is 3.58. The molecular weight excluding hydrogens is 342 g/mol. The van der Waals surface area contributed by atoms with Crippen LogP contribution in [0.1, 0.15) is 28.9 Å². The number of hydrogen-bond donors (Lipinski definition) is 2. The molecule has 0 fully saturated rings. The lowest BCUT2D eigenvalue weighted by Crippen LogP contribution is -2.27. The van der Waals surface area contributed by atoms with E-state index in [0.29, 0.717) is 6.07 Å². The van der Waals surface area contributed by atoms with Crippen molar-refractivity contribution in [2.24, 2.45) is 0 Å². The van der Waals surface area contributed by atoms with Gasteiger partial charge < -0.3 is 11.1 Å². The van der Waals surface area contributed by atoms with Gasteiger partial charge in [-0.05, 0) is 30.7 Å². The molecule has 2 aromatic carbocycles. The van der Waals surface area contributed by atoms with Crippen molar-refractivity contribution in [3.63, 3.8) is 0 Å². The zero-order valence-electron chi connectivity index (χ0n) is 11.2. The van der Waals surface area contributed by atoms with Gasteiger partial charge in [-0.15, -0.1) is 0 Å². The van der Waals surface area contributed by atoms with Crippen LogP contribution in [0.2, 0.25) is 0 Å². The molecule has 21 heavy (non-hydrogen) atoms. The summed E-state index contributed by atoms with van der Waals surface area (Å²) in [4.78, 5) is 12.0. The normalized spacial score (nSPS) is 12.0. The SMILES string of the molecule is C[C@H](NC(=O)c1cc(N)c(F)cc1F)c1ccc(Br)cc1. The first-order valence-corrected chi connectivity index (χ1v) is 6.98. The van der Waals surface area contributed by atoms with Crippen LogP contribution >= 0.6 is 15.9 Å². The standard InChI is InChI=1S/C15H13BrF2N2O/c1-8(9-2-4-10(16)5-3-9)20-15(21)11-6-14(19)13(18)7-12(11)17/h2-8H,19H2,1H3,(H,20,21)/t8-/m0/s1. The fourth-order valence-electron chi connectivity index (χ4n) is 1.85. The molecule has 0 saturated heterocycles. The maximum absolute atomic E-state index is 13.6. The van der Waals surface area contributed by atoms with Crippen LogP contribution in [-0.4, -0.2) is 5.91 Å². The Labute approximate surface area is 129 Å². The van der Waals surface area contributed by atoms with Crippen molar-refractivity contribution in [2.75, 3.05) is 5.73 Å². The Balaban J connectivity index is 2.18. The Bertz CT molecular complexity index is 674. The zero-order valence-corrected chi connectivity index (χ0v) is 12.7. The first-order valence-electron chi connectivity index (χ1n) is 6.19. The second-order valence-electron chi connectivity index (χ2n) is 4.60. The molecule has 3 nitrogen and oxygen atoms in total. The number of carbonyl (C=O) groups excluding carboxylic acids is 1. The van der Waals surface area contributed by atoms with E-state index in [1.54, 1.807) is 6.92 Å². The summed E-state index contributed by atoms with van der Waals surface area (Å²) in [6.45, 7) is 1.77. The average molecular weight is 355 g/mol. The number of halogens is 3. The van der Waals surface area contributed by atoms with Gasteiger partial charge in [0.2, 0.25) is 0 Å². The van der Waals surface area contributed by atoms with Crippen molar-refractivity contribution in [3.05, 3.63) is 63.6 Å². The predicted octanol–water partition coefficient (Wildman–Crippen LogP) is 3.80. The molecule has 0 spiro atoms. The lowest BCUT2D eigenvalue weighted by atomic mass is 10.1. The number of nitrogens with two attached hydrogens (primary N) is 1. The van der Waals surface area contributed by atoms with Crippen LogP contribution in [0, 0.1) is 11.6 Å². The second kappa shape index (κ2) is 6.22. The maximum atomic E-state index is 13.6. The molecule has 2 rings (SSSR count). The minimum atomic E-state index is -0.942. The fraction of sp³-hybridized carbons (Fsp3) is 0.133. The highest BCUT2D eigenvalue weighted by Gasteiger charge is 2.17. The average Bonchev–Trinajstić information content (AvgIpc) is 2.43. The predicted molar refractivity (Wildman–Crippen MR) is 80.8 cm³/mol. The smallest absolute Gasteiger partial charge is 0.254 e. The van der Waals surface area contributed by atoms with Crippen LogP contribution in [-0.2, 0) is 0 Å². The lowest BCUT2D eigenvalue weighted by Gasteiger charge is -2.15. The molecule has 1 amide bonds. The molecule has 0 aliphatic heterocycles. The highest BCUT2D eigenvalue weighted by atomic mass is 79.9. The monoisotopic (exact) mass is 354 g/mol. The minimum absolute atomic E-state index is 0.266. The van der Waals surface area contributed by atoms with Crippen molar-refractivity contribution in [1.82, 2.24) is 5.32 Å². The van der Waals surface area contributed by atoms with Crippen molar-refractivity contribution >= 4 is 27.5 Å². The van der Waals surface area contributed by atoms with Gasteiger partial charge in [0.15, 0.2) is 0 Å². The zero-order chi connectivity index (χ0) is 15.6. The van der Waals surface area contributed by atoms with Crippen LogP contribution in [0.15, 0.2) is 40.9 Å². The van der Waals surface area contributed by atoms with Crippen molar-refractivity contribution in [2.45, 2.75) is 13.0 Å². The van der Waals surface area contributed by atoms with Crippen molar-refractivity contribution < 1.29 is 13.6 Å². The topological polar surface area (TPSA) is 55.1 Å². The summed E-state index contributed by atoms with van der Waals surface area (Å²) in [5, 5.41) is 2.65. The van der Waals surface area contributed by atoms with E-state index in [9.17, 15) is 13.6 Å². The van der Waals surface area contributed by atoms with E-state index in [1.165, 1.54) is 0 Å². The van der Waals surface area contributed by atoms with Crippen LogP contribution in [0.25, 0.3) is 0 Å². The Morgan fingerprint density at radius 2 is 1.81 bits per heavy atom. The van der Waals surface area contributed by atoms with E-state index >= 15 is 0 Å². The van der Waals surface area contributed by atoms with Gasteiger partial charge in [-0.3, -0.25) is 4.79 Å². The molecule has 110 valence electrons. The quantitative estimate of drug-likeness (QED) is 0.823. The molecular formula is C15H13BrF2N2O. The van der Waals surface area contributed by atoms with Gasteiger partial charge >= 0.3 is 0 Å². The number of hydrogen-bond acceptors (Lipinski definition) is 2. The molecule has 0 aliphatic rings. The van der Waals surface area contributed by atoms with Gasteiger partial charge in [-0.25, -0.2) is 8.78 Å². The molecule has 0 unspecified atom stereocenters. The Hall–Kier alpha value is -1.95. The number of anilines is 1. The van der Waals surface area contributed by atoms with Crippen LogP contribution in [0.5, 0.6) is 0 Å². The Morgan fingerprint density at radius 1 is 1.19 bits per heavy atom. The third-order valence-electron chi connectivity index (χ3n) is 3.05. The highest BCUT2D eigenvalue weighted by molar-refractivity contribution is 9.10. The second-order valence-corrected chi connectivity index (χ2v) is 5.52. The number of rotatable bonds is 3.